The number of carbonyl (C=O) groups excluding carboxylic acids is 1. The normalized spacial score (nSPS) is 11.4. The van der Waals surface area contributed by atoms with Crippen LogP contribution in [0.4, 0.5) is 0 Å². The molecule has 0 spiro atoms. The number of carbonyl (C=O) groups is 1. The number of aryl methyl sites for hydroxylation is 1. The lowest BCUT2D eigenvalue weighted by atomic mass is 10.1. The lowest BCUT2D eigenvalue weighted by Gasteiger charge is -2.22. The summed E-state index contributed by atoms with van der Waals surface area (Å²) in [5.74, 6) is -0.0697. The van der Waals surface area contributed by atoms with Gasteiger partial charge in [0.1, 0.15) is 0 Å². The summed E-state index contributed by atoms with van der Waals surface area (Å²) >= 11 is 7.69. The van der Waals surface area contributed by atoms with Crippen molar-refractivity contribution in [3.05, 3.63) is 70.9 Å². The van der Waals surface area contributed by atoms with Crippen molar-refractivity contribution in [2.24, 2.45) is 0 Å². The van der Waals surface area contributed by atoms with E-state index in [-0.39, 0.29) is 5.54 Å². The summed E-state index contributed by atoms with van der Waals surface area (Å²) in [6, 6.07) is 16.8. The molecule has 6 heteroatoms. The van der Waals surface area contributed by atoms with E-state index >= 15 is 0 Å². The number of aromatic nitrogens is 2. The number of nitrogens with zero attached hydrogens (tertiary/aromatic N) is 2. The van der Waals surface area contributed by atoms with Crippen molar-refractivity contribution in [3.8, 4) is 5.88 Å². The van der Waals surface area contributed by atoms with Crippen LogP contribution in [0, 0.1) is 6.92 Å². The zero-order valence-electron chi connectivity index (χ0n) is 15.7. The molecule has 0 atom stereocenters. The van der Waals surface area contributed by atoms with E-state index in [1.54, 1.807) is 28.9 Å². The molecule has 0 aliphatic heterocycles. The Morgan fingerprint density at radius 1 is 1.07 bits per heavy atom. The van der Waals surface area contributed by atoms with Crippen molar-refractivity contribution in [1.82, 2.24) is 9.78 Å². The Balaban J connectivity index is 2.03. The summed E-state index contributed by atoms with van der Waals surface area (Å²) in [5.41, 5.74) is 0.783. The molecule has 0 aliphatic carbocycles. The summed E-state index contributed by atoms with van der Waals surface area (Å²) in [6.07, 6.45) is 0. The summed E-state index contributed by atoms with van der Waals surface area (Å²) in [4.78, 5) is 14.6. The summed E-state index contributed by atoms with van der Waals surface area (Å²) in [6.45, 7) is 7.97. The first-order valence-corrected chi connectivity index (χ1v) is 9.76. The Hall–Kier alpha value is -2.24. The maximum atomic E-state index is 12.8. The van der Waals surface area contributed by atoms with Crippen LogP contribution < -0.4 is 4.74 Å². The van der Waals surface area contributed by atoms with Gasteiger partial charge in [-0.1, -0.05) is 53.7 Å². The predicted octanol–water partition coefficient (Wildman–Crippen LogP) is 5.97. The number of esters is 1. The van der Waals surface area contributed by atoms with Gasteiger partial charge in [0.05, 0.1) is 26.7 Å². The molecule has 0 amide bonds. The predicted molar refractivity (Wildman–Crippen MR) is 109 cm³/mol. The fourth-order valence-corrected chi connectivity index (χ4v) is 3.68. The Labute approximate surface area is 168 Å². The largest absolute Gasteiger partial charge is 0.403 e. The van der Waals surface area contributed by atoms with Crippen LogP contribution in [0.3, 0.4) is 0 Å². The minimum Gasteiger partial charge on any atom is -0.403 e. The topological polar surface area (TPSA) is 44.1 Å². The van der Waals surface area contributed by atoms with E-state index in [2.05, 4.69) is 5.10 Å². The van der Waals surface area contributed by atoms with Crippen molar-refractivity contribution >= 4 is 29.3 Å². The molecule has 3 aromatic rings. The molecule has 1 aromatic heterocycles. The molecule has 0 saturated carbocycles. The first kappa shape index (κ1) is 19.5. The van der Waals surface area contributed by atoms with Gasteiger partial charge in [-0.2, -0.15) is 5.10 Å². The van der Waals surface area contributed by atoms with E-state index < -0.39 is 5.97 Å². The van der Waals surface area contributed by atoms with Gasteiger partial charge >= 0.3 is 5.97 Å². The van der Waals surface area contributed by atoms with Gasteiger partial charge in [0.15, 0.2) is 0 Å². The smallest absolute Gasteiger partial charge is 0.346 e. The zero-order valence-corrected chi connectivity index (χ0v) is 17.3. The van der Waals surface area contributed by atoms with E-state index in [0.717, 1.165) is 15.5 Å². The Bertz CT molecular complexity index is 962. The fourth-order valence-electron chi connectivity index (χ4n) is 2.53. The molecule has 0 aliphatic rings. The van der Waals surface area contributed by atoms with Gasteiger partial charge in [-0.05, 0) is 52.0 Å². The fraction of sp³-hybridized carbons (Fsp3) is 0.238. The molecule has 0 radical (unpaired) electrons. The molecule has 0 fully saturated rings. The van der Waals surface area contributed by atoms with Gasteiger partial charge in [-0.15, -0.1) is 0 Å². The van der Waals surface area contributed by atoms with Gasteiger partial charge < -0.3 is 4.74 Å². The van der Waals surface area contributed by atoms with Crippen LogP contribution in [0.5, 0.6) is 5.88 Å². The first-order valence-electron chi connectivity index (χ1n) is 8.57. The average molecular weight is 401 g/mol. The van der Waals surface area contributed by atoms with Crippen LogP contribution in [0.1, 0.15) is 36.8 Å². The van der Waals surface area contributed by atoms with Gasteiger partial charge in [-0.3, -0.25) is 0 Å². The maximum Gasteiger partial charge on any atom is 0.346 e. The number of benzene rings is 2. The van der Waals surface area contributed by atoms with E-state index in [1.165, 1.54) is 11.8 Å². The lowest BCUT2D eigenvalue weighted by Crippen LogP contribution is -2.25. The minimum atomic E-state index is -0.499. The third-order valence-electron chi connectivity index (χ3n) is 3.85. The second-order valence-electron chi connectivity index (χ2n) is 7.09. The molecule has 1 heterocycles. The molecule has 0 bridgehead atoms. The van der Waals surface area contributed by atoms with Crippen LogP contribution in [0.15, 0.2) is 64.4 Å². The Kier molecular flexibility index (Phi) is 5.63. The van der Waals surface area contributed by atoms with Crippen LogP contribution in [-0.2, 0) is 5.54 Å². The quantitative estimate of drug-likeness (QED) is 0.506. The molecule has 3 rings (SSSR count). The Morgan fingerprint density at radius 3 is 2.33 bits per heavy atom. The summed E-state index contributed by atoms with van der Waals surface area (Å²) in [5, 5.41) is 4.99. The number of hydrogen-bond acceptors (Lipinski definition) is 4. The van der Waals surface area contributed by atoms with Crippen LogP contribution >= 0.6 is 23.4 Å². The van der Waals surface area contributed by atoms with Gasteiger partial charge in [0.2, 0.25) is 5.88 Å². The molecule has 4 nitrogen and oxygen atoms in total. The standard InChI is InChI=1S/C21H21ClN2O2S/c1-14-18(27-15-10-6-5-7-11-15)19(24(23-14)21(2,3)4)26-20(25)16-12-8-9-13-17(16)22/h5-13H,1-4H3. The SMILES string of the molecule is Cc1nn(C(C)(C)C)c(OC(=O)c2ccccc2Cl)c1Sc1ccccc1. The minimum absolute atomic E-state index is 0.328. The van der Waals surface area contributed by atoms with E-state index in [4.69, 9.17) is 16.3 Å². The van der Waals surface area contributed by atoms with E-state index in [1.807, 2.05) is 58.0 Å². The summed E-state index contributed by atoms with van der Waals surface area (Å²) in [7, 11) is 0. The second kappa shape index (κ2) is 7.79. The van der Waals surface area contributed by atoms with Gasteiger partial charge in [-0.25, -0.2) is 9.48 Å². The highest BCUT2D eigenvalue weighted by atomic mass is 35.5. The van der Waals surface area contributed by atoms with Crippen LogP contribution in [0.25, 0.3) is 0 Å². The Morgan fingerprint density at radius 2 is 1.70 bits per heavy atom. The van der Waals surface area contributed by atoms with Crippen molar-refractivity contribution in [2.75, 3.05) is 0 Å². The zero-order chi connectivity index (χ0) is 19.6. The molecular weight excluding hydrogens is 380 g/mol. The third kappa shape index (κ3) is 4.37. The maximum absolute atomic E-state index is 12.8. The first-order chi connectivity index (χ1) is 12.8. The third-order valence-corrected chi connectivity index (χ3v) is 5.36. The number of hydrogen-bond donors (Lipinski definition) is 0. The molecule has 0 N–H and O–H groups in total. The van der Waals surface area contributed by atoms with E-state index in [9.17, 15) is 4.79 Å². The van der Waals surface area contributed by atoms with Crippen LogP contribution in [0.2, 0.25) is 5.02 Å². The highest BCUT2D eigenvalue weighted by molar-refractivity contribution is 7.99. The van der Waals surface area contributed by atoms with Gasteiger partial charge in [0, 0.05) is 4.90 Å². The van der Waals surface area contributed by atoms with Crippen molar-refractivity contribution < 1.29 is 9.53 Å². The molecule has 27 heavy (non-hydrogen) atoms. The molecule has 0 saturated heterocycles. The van der Waals surface area contributed by atoms with E-state index in [0.29, 0.717) is 16.5 Å². The number of halogens is 1. The molecule has 140 valence electrons. The highest BCUT2D eigenvalue weighted by Gasteiger charge is 2.28. The van der Waals surface area contributed by atoms with Gasteiger partial charge in [0.25, 0.3) is 0 Å². The van der Waals surface area contributed by atoms with Crippen molar-refractivity contribution in [2.45, 2.75) is 43.0 Å². The van der Waals surface area contributed by atoms with Crippen molar-refractivity contribution in [3.63, 3.8) is 0 Å². The lowest BCUT2D eigenvalue weighted by molar-refractivity contribution is 0.0704. The molecule has 0 unspecified atom stereocenters. The molecular formula is C21H21ClN2O2S. The van der Waals surface area contributed by atoms with Crippen molar-refractivity contribution in [1.29, 1.82) is 0 Å². The second-order valence-corrected chi connectivity index (χ2v) is 8.58. The average Bonchev–Trinajstić information content (AvgIpc) is 2.92. The number of ether oxygens (including phenoxy) is 1. The number of rotatable bonds is 4. The summed E-state index contributed by atoms with van der Waals surface area (Å²) < 4.78 is 7.57. The highest BCUT2D eigenvalue weighted by Crippen LogP contribution is 2.40. The monoisotopic (exact) mass is 400 g/mol. The van der Waals surface area contributed by atoms with Crippen LogP contribution in [-0.4, -0.2) is 15.7 Å². The molecule has 2 aromatic carbocycles.